The summed E-state index contributed by atoms with van der Waals surface area (Å²) in [5.41, 5.74) is 6.71. The number of hydrogen-bond acceptors (Lipinski definition) is 6. The van der Waals surface area contributed by atoms with Gasteiger partial charge in [0.1, 0.15) is 5.82 Å². The van der Waals surface area contributed by atoms with Crippen LogP contribution >= 0.6 is 0 Å². The Morgan fingerprint density at radius 3 is 2.59 bits per heavy atom. The summed E-state index contributed by atoms with van der Waals surface area (Å²) in [6, 6.07) is 2.76. The number of aryl methyl sites for hydroxylation is 1. The van der Waals surface area contributed by atoms with Crippen molar-refractivity contribution in [3.8, 4) is 0 Å². The van der Waals surface area contributed by atoms with Crippen LogP contribution in [-0.2, 0) is 0 Å². The third kappa shape index (κ3) is 3.67. The van der Waals surface area contributed by atoms with Crippen molar-refractivity contribution in [3.05, 3.63) is 11.8 Å². The second kappa shape index (κ2) is 6.79. The van der Waals surface area contributed by atoms with Gasteiger partial charge in [-0.2, -0.15) is 4.98 Å². The molecule has 0 aliphatic carbocycles. The minimum atomic E-state index is 0.376. The van der Waals surface area contributed by atoms with Crippen molar-refractivity contribution in [1.82, 2.24) is 19.8 Å². The molecule has 3 heterocycles. The van der Waals surface area contributed by atoms with Gasteiger partial charge in [0.05, 0.1) is 0 Å². The van der Waals surface area contributed by atoms with Gasteiger partial charge in [0.2, 0.25) is 5.95 Å². The monoisotopic (exact) mass is 304 g/mol. The highest BCUT2D eigenvalue weighted by atomic mass is 15.3. The number of likely N-dealkylation sites (tertiary alicyclic amines) is 1. The third-order valence-corrected chi connectivity index (χ3v) is 4.94. The molecule has 2 aliphatic rings. The van der Waals surface area contributed by atoms with Crippen molar-refractivity contribution in [2.45, 2.75) is 32.2 Å². The number of nitrogens with two attached hydrogens (primary N) is 1. The van der Waals surface area contributed by atoms with Gasteiger partial charge < -0.3 is 15.5 Å². The summed E-state index contributed by atoms with van der Waals surface area (Å²) in [5, 5.41) is 0. The molecule has 1 atom stereocenters. The molecular formula is C16H28N6. The first-order valence-electron chi connectivity index (χ1n) is 8.40. The lowest BCUT2D eigenvalue weighted by molar-refractivity contribution is 0.124. The molecule has 1 aromatic rings. The number of nitrogens with zero attached hydrogens (tertiary/aromatic N) is 5. The van der Waals surface area contributed by atoms with E-state index in [1.165, 1.54) is 32.4 Å². The van der Waals surface area contributed by atoms with E-state index in [9.17, 15) is 0 Å². The van der Waals surface area contributed by atoms with E-state index in [1.54, 1.807) is 0 Å². The molecule has 2 saturated heterocycles. The SMILES string of the molecule is Cc1cc(N2CCN(C[C@@H]3CCCCN3C)CC2)nc(N)n1. The molecule has 122 valence electrons. The number of rotatable bonds is 3. The first kappa shape index (κ1) is 15.5. The first-order chi connectivity index (χ1) is 10.6. The van der Waals surface area contributed by atoms with Crippen molar-refractivity contribution in [2.75, 3.05) is 56.9 Å². The fraction of sp³-hybridized carbons (Fsp3) is 0.750. The predicted octanol–water partition coefficient (Wildman–Crippen LogP) is 0.974. The summed E-state index contributed by atoms with van der Waals surface area (Å²) in [6.07, 6.45) is 4.09. The lowest BCUT2D eigenvalue weighted by atomic mass is 10.0. The Hall–Kier alpha value is -1.40. The van der Waals surface area contributed by atoms with Crippen LogP contribution in [0.3, 0.4) is 0 Å². The highest BCUT2D eigenvalue weighted by molar-refractivity contribution is 5.43. The molecule has 3 rings (SSSR count). The number of nitrogen functional groups attached to an aromatic ring is 1. The highest BCUT2D eigenvalue weighted by Gasteiger charge is 2.24. The van der Waals surface area contributed by atoms with Gasteiger partial charge in [-0.3, -0.25) is 4.90 Å². The van der Waals surface area contributed by atoms with Crippen molar-refractivity contribution >= 4 is 11.8 Å². The average molecular weight is 304 g/mol. The van der Waals surface area contributed by atoms with Gasteiger partial charge in [-0.1, -0.05) is 6.42 Å². The van der Waals surface area contributed by atoms with Gasteiger partial charge >= 0.3 is 0 Å². The Morgan fingerprint density at radius 2 is 1.91 bits per heavy atom. The van der Waals surface area contributed by atoms with Crippen molar-refractivity contribution < 1.29 is 0 Å². The van der Waals surface area contributed by atoms with Crippen LogP contribution < -0.4 is 10.6 Å². The molecule has 0 bridgehead atoms. The minimum absolute atomic E-state index is 0.376. The normalized spacial score (nSPS) is 24.6. The molecule has 0 aromatic carbocycles. The molecule has 0 radical (unpaired) electrons. The molecule has 2 fully saturated rings. The van der Waals surface area contributed by atoms with Gasteiger partial charge in [0, 0.05) is 50.5 Å². The topological polar surface area (TPSA) is 61.5 Å². The van der Waals surface area contributed by atoms with Gasteiger partial charge in [0.25, 0.3) is 0 Å². The van der Waals surface area contributed by atoms with E-state index in [0.717, 1.165) is 43.7 Å². The van der Waals surface area contributed by atoms with E-state index in [1.807, 2.05) is 13.0 Å². The van der Waals surface area contributed by atoms with E-state index in [2.05, 4.69) is 31.7 Å². The lowest BCUT2D eigenvalue weighted by Crippen LogP contribution is -2.52. The summed E-state index contributed by atoms with van der Waals surface area (Å²) in [4.78, 5) is 16.0. The van der Waals surface area contributed by atoms with Crippen LogP contribution in [0.2, 0.25) is 0 Å². The van der Waals surface area contributed by atoms with E-state index < -0.39 is 0 Å². The number of piperidine rings is 1. The highest BCUT2D eigenvalue weighted by Crippen LogP contribution is 2.19. The Kier molecular flexibility index (Phi) is 4.78. The van der Waals surface area contributed by atoms with Crippen LogP contribution in [0.15, 0.2) is 6.07 Å². The summed E-state index contributed by atoms with van der Waals surface area (Å²) < 4.78 is 0. The maximum Gasteiger partial charge on any atom is 0.222 e. The predicted molar refractivity (Wildman–Crippen MR) is 90.1 cm³/mol. The quantitative estimate of drug-likeness (QED) is 0.898. The van der Waals surface area contributed by atoms with Crippen LogP contribution in [0, 0.1) is 6.92 Å². The molecular weight excluding hydrogens is 276 g/mol. The van der Waals surface area contributed by atoms with Crippen molar-refractivity contribution in [2.24, 2.45) is 0 Å². The molecule has 2 aliphatic heterocycles. The third-order valence-electron chi connectivity index (χ3n) is 4.94. The van der Waals surface area contributed by atoms with E-state index in [-0.39, 0.29) is 0 Å². The molecule has 22 heavy (non-hydrogen) atoms. The van der Waals surface area contributed by atoms with Crippen LogP contribution in [-0.4, -0.2) is 72.1 Å². The molecule has 0 saturated carbocycles. The second-order valence-electron chi connectivity index (χ2n) is 6.64. The number of likely N-dealkylation sites (N-methyl/N-ethyl adjacent to an activating group) is 1. The maximum absolute atomic E-state index is 5.77. The number of anilines is 2. The fourth-order valence-corrected chi connectivity index (χ4v) is 3.57. The molecule has 0 spiro atoms. The Bertz CT molecular complexity index is 477. The van der Waals surface area contributed by atoms with Crippen LogP contribution in [0.25, 0.3) is 0 Å². The largest absolute Gasteiger partial charge is 0.368 e. The summed E-state index contributed by atoms with van der Waals surface area (Å²) in [6.45, 7) is 8.68. The summed E-state index contributed by atoms with van der Waals surface area (Å²) >= 11 is 0. The van der Waals surface area contributed by atoms with Gasteiger partial charge in [-0.15, -0.1) is 0 Å². The first-order valence-corrected chi connectivity index (χ1v) is 8.40. The van der Waals surface area contributed by atoms with Gasteiger partial charge in [0.15, 0.2) is 0 Å². The average Bonchev–Trinajstić information content (AvgIpc) is 2.49. The zero-order valence-electron chi connectivity index (χ0n) is 13.8. The smallest absolute Gasteiger partial charge is 0.222 e. The number of piperazine rings is 1. The number of aromatic nitrogens is 2. The fourth-order valence-electron chi connectivity index (χ4n) is 3.57. The molecule has 6 nitrogen and oxygen atoms in total. The molecule has 6 heteroatoms. The Balaban J connectivity index is 1.53. The maximum atomic E-state index is 5.77. The van der Waals surface area contributed by atoms with Crippen LogP contribution in [0.4, 0.5) is 11.8 Å². The molecule has 2 N–H and O–H groups in total. The molecule has 0 amide bonds. The van der Waals surface area contributed by atoms with E-state index in [0.29, 0.717) is 5.95 Å². The molecule has 1 aromatic heterocycles. The zero-order chi connectivity index (χ0) is 15.5. The standard InChI is InChI=1S/C16H28N6/c1-13-11-15(19-16(17)18-13)22-9-7-21(8-10-22)12-14-5-3-4-6-20(14)2/h11,14H,3-10,12H2,1-2H3,(H2,17,18,19)/t14-/m0/s1. The summed E-state index contributed by atoms with van der Waals surface area (Å²) in [7, 11) is 2.27. The lowest BCUT2D eigenvalue weighted by Gasteiger charge is -2.40. The second-order valence-corrected chi connectivity index (χ2v) is 6.64. The van der Waals surface area contributed by atoms with Gasteiger partial charge in [-0.05, 0) is 33.4 Å². The van der Waals surface area contributed by atoms with Crippen molar-refractivity contribution in [1.29, 1.82) is 0 Å². The summed E-state index contributed by atoms with van der Waals surface area (Å²) in [5.74, 6) is 1.35. The van der Waals surface area contributed by atoms with Crippen molar-refractivity contribution in [3.63, 3.8) is 0 Å². The van der Waals surface area contributed by atoms with E-state index >= 15 is 0 Å². The van der Waals surface area contributed by atoms with Crippen LogP contribution in [0.1, 0.15) is 25.0 Å². The minimum Gasteiger partial charge on any atom is -0.368 e. The van der Waals surface area contributed by atoms with E-state index in [4.69, 9.17) is 5.73 Å². The molecule has 0 unspecified atom stereocenters. The zero-order valence-corrected chi connectivity index (χ0v) is 13.8. The number of hydrogen-bond donors (Lipinski definition) is 1. The van der Waals surface area contributed by atoms with Crippen LogP contribution in [0.5, 0.6) is 0 Å². The Labute approximate surface area is 133 Å². The van der Waals surface area contributed by atoms with Gasteiger partial charge in [-0.25, -0.2) is 4.98 Å². The Morgan fingerprint density at radius 1 is 1.14 bits per heavy atom.